The van der Waals surface area contributed by atoms with Crippen LogP contribution in [0.1, 0.15) is 38.5 Å². The van der Waals surface area contributed by atoms with Gasteiger partial charge in [0.15, 0.2) is 0 Å². The van der Waals surface area contributed by atoms with Crippen molar-refractivity contribution in [2.75, 3.05) is 43.5 Å². The second-order valence-corrected chi connectivity index (χ2v) is 9.85. The maximum absolute atomic E-state index is 10.7. The Labute approximate surface area is 206 Å². The van der Waals surface area contributed by atoms with Gasteiger partial charge in [0.2, 0.25) is 0 Å². The Bertz CT molecular complexity index is 943. The van der Waals surface area contributed by atoms with Gasteiger partial charge in [-0.1, -0.05) is 23.7 Å². The number of aliphatic carboxylic acids is 1. The third kappa shape index (κ3) is 7.32. The molecule has 2 aromatic rings. The lowest BCUT2D eigenvalue weighted by Crippen LogP contribution is -2.37. The van der Waals surface area contributed by atoms with E-state index in [0.717, 1.165) is 87.5 Å². The number of nitrogens with one attached hydrogen (secondary N) is 3. The van der Waals surface area contributed by atoms with Crippen LogP contribution in [0, 0.1) is 11.8 Å². The molecular weight excluding hydrogens is 452 g/mol. The molecule has 34 heavy (non-hydrogen) atoms. The fourth-order valence-electron chi connectivity index (χ4n) is 4.82. The largest absolute Gasteiger partial charge is 0.480 e. The molecule has 1 saturated carbocycles. The SMILES string of the molecule is O=C(O)CNC1CCC(CNc2cc(-c3cccc(NCC4CCOCC4)c3)c(Cl)cn2)CC1. The summed E-state index contributed by atoms with van der Waals surface area (Å²) in [5.41, 5.74) is 3.13. The van der Waals surface area contributed by atoms with Crippen molar-refractivity contribution in [3.8, 4) is 11.1 Å². The first kappa shape index (κ1) is 24.8. The minimum atomic E-state index is -0.797. The standard InChI is InChI=1S/C26H35ClN4O3/c27-24-16-31-25(30-15-18-4-6-21(7-5-18)29-17-26(32)33)13-23(24)20-2-1-3-22(12-20)28-14-19-8-10-34-11-9-19/h1-3,12-13,16,18-19,21,28-29H,4-11,14-15,17H2,(H,30,31)(H,32,33). The van der Waals surface area contributed by atoms with E-state index in [4.69, 9.17) is 21.4 Å². The summed E-state index contributed by atoms with van der Waals surface area (Å²) in [5, 5.41) is 19.7. The highest BCUT2D eigenvalue weighted by Gasteiger charge is 2.21. The van der Waals surface area contributed by atoms with E-state index in [2.05, 4.69) is 45.2 Å². The number of anilines is 2. The van der Waals surface area contributed by atoms with Crippen molar-refractivity contribution in [2.45, 2.75) is 44.6 Å². The molecular formula is C26H35ClN4O3. The van der Waals surface area contributed by atoms with E-state index in [1.165, 1.54) is 0 Å². The topological polar surface area (TPSA) is 95.5 Å². The van der Waals surface area contributed by atoms with Crippen LogP contribution in [0.4, 0.5) is 11.5 Å². The molecule has 0 bridgehead atoms. The molecule has 1 aromatic heterocycles. The number of carboxylic acids is 1. The summed E-state index contributed by atoms with van der Waals surface area (Å²) < 4.78 is 5.46. The van der Waals surface area contributed by atoms with Gasteiger partial charge in [-0.05, 0) is 74.1 Å². The van der Waals surface area contributed by atoms with Gasteiger partial charge in [-0.25, -0.2) is 4.98 Å². The molecule has 0 spiro atoms. The van der Waals surface area contributed by atoms with Crippen LogP contribution in [0.5, 0.6) is 0 Å². The number of aromatic nitrogens is 1. The van der Waals surface area contributed by atoms with Crippen molar-refractivity contribution in [1.29, 1.82) is 0 Å². The van der Waals surface area contributed by atoms with Crippen molar-refractivity contribution >= 4 is 29.1 Å². The lowest BCUT2D eigenvalue weighted by molar-refractivity contribution is -0.136. The molecule has 0 amide bonds. The van der Waals surface area contributed by atoms with E-state index in [9.17, 15) is 4.79 Å². The molecule has 2 fully saturated rings. The fourth-order valence-corrected chi connectivity index (χ4v) is 5.03. The Morgan fingerprint density at radius 1 is 1.03 bits per heavy atom. The van der Waals surface area contributed by atoms with Gasteiger partial charge in [-0.3, -0.25) is 4.79 Å². The van der Waals surface area contributed by atoms with Crippen LogP contribution < -0.4 is 16.0 Å². The minimum absolute atomic E-state index is 0.0390. The summed E-state index contributed by atoms with van der Waals surface area (Å²) in [6, 6.07) is 10.7. The molecule has 4 rings (SSSR count). The number of benzene rings is 1. The van der Waals surface area contributed by atoms with E-state index in [0.29, 0.717) is 22.9 Å². The quantitative estimate of drug-likeness (QED) is 0.380. The van der Waals surface area contributed by atoms with E-state index in [1.807, 2.05) is 6.07 Å². The average molecular weight is 487 g/mol. The van der Waals surface area contributed by atoms with Crippen molar-refractivity contribution in [3.05, 3.63) is 41.6 Å². The highest BCUT2D eigenvalue weighted by molar-refractivity contribution is 6.33. The first-order chi connectivity index (χ1) is 16.6. The number of nitrogens with zero attached hydrogens (tertiary/aromatic N) is 1. The number of pyridine rings is 1. The number of carbonyl (C=O) groups is 1. The zero-order valence-electron chi connectivity index (χ0n) is 19.6. The third-order valence-corrected chi connectivity index (χ3v) is 7.23. The second-order valence-electron chi connectivity index (χ2n) is 9.44. The average Bonchev–Trinajstić information content (AvgIpc) is 2.87. The molecule has 8 heteroatoms. The molecule has 2 aliphatic rings. The molecule has 7 nitrogen and oxygen atoms in total. The van der Waals surface area contributed by atoms with Gasteiger partial charge in [-0.2, -0.15) is 0 Å². The Hall–Kier alpha value is -2.35. The first-order valence-corrected chi connectivity index (χ1v) is 12.7. The van der Waals surface area contributed by atoms with Crippen LogP contribution in [0.3, 0.4) is 0 Å². The summed E-state index contributed by atoms with van der Waals surface area (Å²) in [6.07, 6.45) is 8.10. The highest BCUT2D eigenvalue weighted by atomic mass is 35.5. The molecule has 0 unspecified atom stereocenters. The zero-order valence-corrected chi connectivity index (χ0v) is 20.3. The lowest BCUT2D eigenvalue weighted by Gasteiger charge is -2.29. The zero-order chi connectivity index (χ0) is 23.8. The molecule has 1 aliphatic heterocycles. The van der Waals surface area contributed by atoms with Crippen molar-refractivity contribution in [2.24, 2.45) is 11.8 Å². The van der Waals surface area contributed by atoms with Gasteiger partial charge < -0.3 is 25.8 Å². The molecule has 1 saturated heterocycles. The predicted molar refractivity (Wildman–Crippen MR) is 137 cm³/mol. The van der Waals surface area contributed by atoms with E-state index < -0.39 is 5.97 Å². The van der Waals surface area contributed by atoms with Crippen LogP contribution in [0.2, 0.25) is 5.02 Å². The fraction of sp³-hybridized carbons (Fsp3) is 0.538. The second kappa shape index (κ2) is 12.4. The minimum Gasteiger partial charge on any atom is -0.480 e. The number of halogens is 1. The molecule has 2 heterocycles. The van der Waals surface area contributed by atoms with E-state index >= 15 is 0 Å². The van der Waals surface area contributed by atoms with Gasteiger partial charge in [0.25, 0.3) is 0 Å². The smallest absolute Gasteiger partial charge is 0.317 e. The Morgan fingerprint density at radius 3 is 2.53 bits per heavy atom. The maximum Gasteiger partial charge on any atom is 0.317 e. The third-order valence-electron chi connectivity index (χ3n) is 6.93. The molecule has 0 radical (unpaired) electrons. The van der Waals surface area contributed by atoms with Gasteiger partial charge >= 0.3 is 5.97 Å². The van der Waals surface area contributed by atoms with Crippen LogP contribution in [-0.4, -0.2) is 54.9 Å². The Morgan fingerprint density at radius 2 is 1.76 bits per heavy atom. The molecule has 1 aromatic carbocycles. The molecule has 1 aliphatic carbocycles. The lowest BCUT2D eigenvalue weighted by atomic mass is 9.86. The van der Waals surface area contributed by atoms with Gasteiger partial charge in [0, 0.05) is 49.8 Å². The monoisotopic (exact) mass is 486 g/mol. The molecule has 184 valence electrons. The summed E-state index contributed by atoms with van der Waals surface area (Å²) in [4.78, 5) is 15.2. The molecule has 0 atom stereocenters. The summed E-state index contributed by atoms with van der Waals surface area (Å²) in [6.45, 7) is 3.57. The van der Waals surface area contributed by atoms with Crippen LogP contribution >= 0.6 is 11.6 Å². The van der Waals surface area contributed by atoms with Crippen molar-refractivity contribution in [3.63, 3.8) is 0 Å². The normalized spacial score (nSPS) is 21.2. The van der Waals surface area contributed by atoms with Crippen LogP contribution in [0.25, 0.3) is 11.1 Å². The summed E-state index contributed by atoms with van der Waals surface area (Å²) >= 11 is 6.53. The van der Waals surface area contributed by atoms with Crippen LogP contribution in [0.15, 0.2) is 36.5 Å². The Kier molecular flexibility index (Phi) is 9.02. The van der Waals surface area contributed by atoms with E-state index in [1.54, 1.807) is 6.20 Å². The summed E-state index contributed by atoms with van der Waals surface area (Å²) in [7, 11) is 0. The summed E-state index contributed by atoms with van der Waals surface area (Å²) in [5.74, 6) is 1.24. The van der Waals surface area contributed by atoms with Crippen molar-refractivity contribution in [1.82, 2.24) is 10.3 Å². The van der Waals surface area contributed by atoms with E-state index in [-0.39, 0.29) is 6.54 Å². The van der Waals surface area contributed by atoms with Gasteiger partial charge in [0.1, 0.15) is 5.82 Å². The first-order valence-electron chi connectivity index (χ1n) is 12.3. The maximum atomic E-state index is 10.7. The van der Waals surface area contributed by atoms with Gasteiger partial charge in [-0.15, -0.1) is 0 Å². The Balaban J connectivity index is 1.31. The number of hydrogen-bond acceptors (Lipinski definition) is 6. The van der Waals surface area contributed by atoms with Crippen LogP contribution in [-0.2, 0) is 9.53 Å². The number of rotatable bonds is 10. The molecule has 4 N–H and O–H groups in total. The highest BCUT2D eigenvalue weighted by Crippen LogP contribution is 2.32. The van der Waals surface area contributed by atoms with Gasteiger partial charge in [0.05, 0.1) is 11.6 Å². The predicted octanol–water partition coefficient (Wildman–Crippen LogP) is 4.89. The number of carboxylic acid groups (broad SMARTS) is 1. The number of ether oxygens (including phenoxy) is 1. The number of hydrogen-bond donors (Lipinski definition) is 4. The van der Waals surface area contributed by atoms with Crippen molar-refractivity contribution < 1.29 is 14.6 Å².